The second-order valence-electron chi connectivity index (χ2n) is 5.31. The summed E-state index contributed by atoms with van der Waals surface area (Å²) in [6.07, 6.45) is 0.629. The summed E-state index contributed by atoms with van der Waals surface area (Å²) in [7, 11) is 1.62. The third-order valence-electron chi connectivity index (χ3n) is 3.82. The lowest BCUT2D eigenvalue weighted by molar-refractivity contribution is 0.304. The maximum atomic E-state index is 9.42. The van der Waals surface area contributed by atoms with Gasteiger partial charge in [-0.1, -0.05) is 24.3 Å². The number of methoxy groups -OCH3 is 1. The first kappa shape index (κ1) is 15.9. The number of ether oxygens (including phenoxy) is 2. The highest BCUT2D eigenvalue weighted by molar-refractivity contribution is 5.39. The molecule has 3 heteroatoms. The minimum atomic E-state index is -0.234. The maximum absolute atomic E-state index is 9.42. The van der Waals surface area contributed by atoms with Crippen molar-refractivity contribution in [3.63, 3.8) is 0 Å². The van der Waals surface area contributed by atoms with Crippen molar-refractivity contribution in [2.24, 2.45) is 0 Å². The highest BCUT2D eigenvalue weighted by Gasteiger charge is 2.15. The zero-order valence-electron chi connectivity index (χ0n) is 13.3. The SMILES string of the molecule is COc1ccccc1C(C#N)CCOc1ccc(C)c(C)c1. The predicted octanol–water partition coefficient (Wildman–Crippen LogP) is 4.39. The van der Waals surface area contributed by atoms with E-state index in [1.807, 2.05) is 42.5 Å². The number of hydrogen-bond acceptors (Lipinski definition) is 3. The Labute approximate surface area is 132 Å². The number of benzene rings is 2. The first-order valence-electron chi connectivity index (χ1n) is 7.38. The number of aryl methyl sites for hydroxylation is 2. The molecule has 0 spiro atoms. The van der Waals surface area contributed by atoms with Gasteiger partial charge in [0.2, 0.25) is 0 Å². The summed E-state index contributed by atoms with van der Waals surface area (Å²) < 4.78 is 11.1. The van der Waals surface area contributed by atoms with Gasteiger partial charge >= 0.3 is 0 Å². The number of rotatable bonds is 6. The summed E-state index contributed by atoms with van der Waals surface area (Å²) in [5.41, 5.74) is 3.37. The van der Waals surface area contributed by atoms with E-state index in [1.165, 1.54) is 11.1 Å². The maximum Gasteiger partial charge on any atom is 0.123 e. The van der Waals surface area contributed by atoms with Crippen molar-refractivity contribution in [3.8, 4) is 17.6 Å². The van der Waals surface area contributed by atoms with Crippen LogP contribution in [0.2, 0.25) is 0 Å². The Morgan fingerprint density at radius 1 is 1.09 bits per heavy atom. The van der Waals surface area contributed by atoms with Gasteiger partial charge < -0.3 is 9.47 Å². The van der Waals surface area contributed by atoms with E-state index in [1.54, 1.807) is 7.11 Å². The summed E-state index contributed by atoms with van der Waals surface area (Å²) in [5, 5.41) is 9.42. The standard InChI is InChI=1S/C19H21NO2/c1-14-8-9-17(12-15(14)2)22-11-10-16(13-20)18-6-4-5-7-19(18)21-3/h4-9,12,16H,10-11H2,1-3H3. The van der Waals surface area contributed by atoms with Gasteiger partial charge in [0.25, 0.3) is 0 Å². The van der Waals surface area contributed by atoms with Gasteiger partial charge in [0.15, 0.2) is 0 Å². The Morgan fingerprint density at radius 2 is 1.86 bits per heavy atom. The summed E-state index contributed by atoms with van der Waals surface area (Å²) in [6, 6.07) is 16.0. The Bertz CT molecular complexity index is 673. The second kappa shape index (κ2) is 7.51. The molecule has 0 aliphatic heterocycles. The van der Waals surface area contributed by atoms with Gasteiger partial charge in [0, 0.05) is 12.0 Å². The molecule has 2 rings (SSSR count). The average Bonchev–Trinajstić information content (AvgIpc) is 2.55. The van der Waals surface area contributed by atoms with Crippen LogP contribution in [0, 0.1) is 25.2 Å². The molecule has 0 aromatic heterocycles. The van der Waals surface area contributed by atoms with Crippen LogP contribution < -0.4 is 9.47 Å². The molecule has 1 atom stereocenters. The molecule has 2 aromatic carbocycles. The van der Waals surface area contributed by atoms with Crippen LogP contribution in [-0.4, -0.2) is 13.7 Å². The van der Waals surface area contributed by atoms with Crippen LogP contribution in [0.15, 0.2) is 42.5 Å². The number of para-hydroxylation sites is 1. The molecule has 1 unspecified atom stereocenters. The van der Waals surface area contributed by atoms with Gasteiger partial charge in [0.1, 0.15) is 11.5 Å². The quantitative estimate of drug-likeness (QED) is 0.793. The topological polar surface area (TPSA) is 42.2 Å². The predicted molar refractivity (Wildman–Crippen MR) is 87.4 cm³/mol. The van der Waals surface area contributed by atoms with Crippen molar-refractivity contribution in [3.05, 3.63) is 59.2 Å². The van der Waals surface area contributed by atoms with Crippen molar-refractivity contribution < 1.29 is 9.47 Å². The molecular weight excluding hydrogens is 274 g/mol. The fraction of sp³-hybridized carbons (Fsp3) is 0.316. The molecule has 114 valence electrons. The molecular formula is C19H21NO2. The molecule has 3 nitrogen and oxygen atoms in total. The first-order chi connectivity index (χ1) is 10.7. The first-order valence-corrected chi connectivity index (χ1v) is 7.38. The smallest absolute Gasteiger partial charge is 0.123 e. The normalized spacial score (nSPS) is 11.5. The van der Waals surface area contributed by atoms with Gasteiger partial charge in [-0.2, -0.15) is 5.26 Å². The van der Waals surface area contributed by atoms with Gasteiger partial charge in [-0.15, -0.1) is 0 Å². The molecule has 2 aromatic rings. The summed E-state index contributed by atoms with van der Waals surface area (Å²) in [4.78, 5) is 0. The Balaban J connectivity index is 1.99. The molecule has 0 aliphatic rings. The monoisotopic (exact) mass is 295 g/mol. The van der Waals surface area contributed by atoms with E-state index in [0.29, 0.717) is 13.0 Å². The van der Waals surface area contributed by atoms with E-state index in [2.05, 4.69) is 19.9 Å². The number of nitrogens with zero attached hydrogens (tertiary/aromatic N) is 1. The van der Waals surface area contributed by atoms with Gasteiger partial charge in [0.05, 0.1) is 25.7 Å². The average molecular weight is 295 g/mol. The van der Waals surface area contributed by atoms with Gasteiger partial charge in [-0.3, -0.25) is 0 Å². The molecule has 0 saturated carbocycles. The molecule has 0 amide bonds. The number of hydrogen-bond donors (Lipinski definition) is 0. The number of nitriles is 1. The van der Waals surface area contributed by atoms with Crippen molar-refractivity contribution in [2.45, 2.75) is 26.2 Å². The van der Waals surface area contributed by atoms with E-state index in [-0.39, 0.29) is 5.92 Å². The molecule has 0 saturated heterocycles. The zero-order valence-corrected chi connectivity index (χ0v) is 13.3. The Kier molecular flexibility index (Phi) is 5.43. The van der Waals surface area contributed by atoms with Crippen LogP contribution in [0.3, 0.4) is 0 Å². The molecule has 0 N–H and O–H groups in total. The molecule has 0 bridgehead atoms. The van der Waals surface area contributed by atoms with Gasteiger partial charge in [-0.25, -0.2) is 0 Å². The second-order valence-corrected chi connectivity index (χ2v) is 5.31. The highest BCUT2D eigenvalue weighted by atomic mass is 16.5. The summed E-state index contributed by atoms with van der Waals surface area (Å²) in [5.74, 6) is 1.36. The van der Waals surface area contributed by atoms with Crippen molar-refractivity contribution >= 4 is 0 Å². The Hall–Kier alpha value is -2.47. The van der Waals surface area contributed by atoms with Gasteiger partial charge in [-0.05, 0) is 43.2 Å². The lowest BCUT2D eigenvalue weighted by Gasteiger charge is -2.14. The van der Waals surface area contributed by atoms with E-state index in [0.717, 1.165) is 17.1 Å². The van der Waals surface area contributed by atoms with E-state index in [9.17, 15) is 5.26 Å². The molecule has 0 aliphatic carbocycles. The molecule has 0 radical (unpaired) electrons. The van der Waals surface area contributed by atoms with E-state index in [4.69, 9.17) is 9.47 Å². The van der Waals surface area contributed by atoms with Crippen LogP contribution >= 0.6 is 0 Å². The van der Waals surface area contributed by atoms with Crippen LogP contribution in [-0.2, 0) is 0 Å². The van der Waals surface area contributed by atoms with Crippen LogP contribution in [0.5, 0.6) is 11.5 Å². The highest BCUT2D eigenvalue weighted by Crippen LogP contribution is 2.28. The fourth-order valence-electron chi connectivity index (χ4n) is 2.34. The summed E-state index contributed by atoms with van der Waals surface area (Å²) >= 11 is 0. The summed E-state index contributed by atoms with van der Waals surface area (Å²) in [6.45, 7) is 4.64. The molecule has 0 fully saturated rings. The van der Waals surface area contributed by atoms with E-state index < -0.39 is 0 Å². The fourth-order valence-corrected chi connectivity index (χ4v) is 2.34. The lowest BCUT2D eigenvalue weighted by Crippen LogP contribution is -2.06. The third kappa shape index (κ3) is 3.79. The molecule has 0 heterocycles. The van der Waals surface area contributed by atoms with Crippen LogP contribution in [0.25, 0.3) is 0 Å². The van der Waals surface area contributed by atoms with Crippen molar-refractivity contribution in [2.75, 3.05) is 13.7 Å². The van der Waals surface area contributed by atoms with Crippen molar-refractivity contribution in [1.29, 1.82) is 5.26 Å². The third-order valence-corrected chi connectivity index (χ3v) is 3.82. The zero-order chi connectivity index (χ0) is 15.9. The van der Waals surface area contributed by atoms with Crippen LogP contribution in [0.4, 0.5) is 0 Å². The van der Waals surface area contributed by atoms with Crippen molar-refractivity contribution in [1.82, 2.24) is 0 Å². The van der Waals surface area contributed by atoms with E-state index >= 15 is 0 Å². The lowest BCUT2D eigenvalue weighted by atomic mass is 9.96. The Morgan fingerprint density at radius 3 is 2.55 bits per heavy atom. The largest absolute Gasteiger partial charge is 0.496 e. The molecule has 22 heavy (non-hydrogen) atoms. The minimum Gasteiger partial charge on any atom is -0.496 e. The minimum absolute atomic E-state index is 0.234. The van der Waals surface area contributed by atoms with Crippen LogP contribution in [0.1, 0.15) is 29.0 Å².